The van der Waals surface area contributed by atoms with E-state index < -0.39 is 0 Å². The molecule has 3 nitrogen and oxygen atoms in total. The number of amides is 1. The number of hydrogen-bond donors (Lipinski definition) is 2. The van der Waals surface area contributed by atoms with E-state index in [1.165, 1.54) is 5.56 Å². The summed E-state index contributed by atoms with van der Waals surface area (Å²) < 4.78 is 0. The number of rotatable bonds is 4. The predicted octanol–water partition coefficient (Wildman–Crippen LogP) is 2.18. The van der Waals surface area contributed by atoms with Gasteiger partial charge in [-0.3, -0.25) is 4.79 Å². The van der Waals surface area contributed by atoms with Crippen molar-refractivity contribution in [3.05, 3.63) is 35.9 Å². The molecule has 18 heavy (non-hydrogen) atoms. The fourth-order valence-corrected chi connectivity index (χ4v) is 3.08. The molecule has 1 saturated carbocycles. The van der Waals surface area contributed by atoms with Gasteiger partial charge in [0.15, 0.2) is 0 Å². The predicted molar refractivity (Wildman–Crippen MR) is 73.3 cm³/mol. The van der Waals surface area contributed by atoms with E-state index in [0.29, 0.717) is 12.3 Å². The number of primary amides is 1. The summed E-state index contributed by atoms with van der Waals surface area (Å²) in [5, 5.41) is 3.32. The molecule has 0 aromatic heterocycles. The maximum Gasteiger partial charge on any atom is 0.219 e. The van der Waals surface area contributed by atoms with Gasteiger partial charge in [-0.05, 0) is 44.2 Å². The van der Waals surface area contributed by atoms with Crippen molar-refractivity contribution < 1.29 is 4.79 Å². The van der Waals surface area contributed by atoms with E-state index in [-0.39, 0.29) is 11.4 Å². The lowest BCUT2D eigenvalue weighted by atomic mass is 9.72. The maximum atomic E-state index is 11.2. The van der Waals surface area contributed by atoms with E-state index >= 15 is 0 Å². The van der Waals surface area contributed by atoms with Crippen molar-refractivity contribution in [2.45, 2.75) is 43.6 Å². The number of carbonyl (C=O) groups is 1. The van der Waals surface area contributed by atoms with Crippen LogP contribution < -0.4 is 11.1 Å². The quantitative estimate of drug-likeness (QED) is 0.855. The van der Waals surface area contributed by atoms with Gasteiger partial charge >= 0.3 is 0 Å². The molecule has 0 unspecified atom stereocenters. The Morgan fingerprint density at radius 1 is 1.33 bits per heavy atom. The van der Waals surface area contributed by atoms with Gasteiger partial charge in [0.05, 0.1) is 0 Å². The van der Waals surface area contributed by atoms with E-state index in [1.807, 2.05) is 7.05 Å². The minimum Gasteiger partial charge on any atom is -0.370 e. The molecule has 3 N–H and O–H groups in total. The van der Waals surface area contributed by atoms with Crippen molar-refractivity contribution in [3.63, 3.8) is 0 Å². The second-order valence-electron chi connectivity index (χ2n) is 5.36. The van der Waals surface area contributed by atoms with Crippen LogP contribution in [0.25, 0.3) is 0 Å². The summed E-state index contributed by atoms with van der Waals surface area (Å²) in [7, 11) is 1.94. The van der Waals surface area contributed by atoms with E-state index in [9.17, 15) is 4.79 Å². The second kappa shape index (κ2) is 5.53. The van der Waals surface area contributed by atoms with E-state index in [4.69, 9.17) is 5.73 Å². The van der Waals surface area contributed by atoms with Crippen LogP contribution in [0.4, 0.5) is 0 Å². The van der Waals surface area contributed by atoms with Gasteiger partial charge < -0.3 is 11.1 Å². The summed E-state index contributed by atoms with van der Waals surface area (Å²) in [5.41, 5.74) is 6.70. The van der Waals surface area contributed by atoms with Gasteiger partial charge in [-0.1, -0.05) is 30.3 Å². The first-order valence-electron chi connectivity index (χ1n) is 6.67. The van der Waals surface area contributed by atoms with Gasteiger partial charge in [-0.15, -0.1) is 0 Å². The Hall–Kier alpha value is -1.35. The van der Waals surface area contributed by atoms with Crippen molar-refractivity contribution in [1.82, 2.24) is 5.32 Å². The highest BCUT2D eigenvalue weighted by molar-refractivity contribution is 5.75. The van der Waals surface area contributed by atoms with Gasteiger partial charge in [-0.2, -0.15) is 0 Å². The van der Waals surface area contributed by atoms with Crippen LogP contribution in [-0.2, 0) is 4.79 Å². The summed E-state index contributed by atoms with van der Waals surface area (Å²) >= 11 is 0. The summed E-state index contributed by atoms with van der Waals surface area (Å²) in [6.07, 6.45) is 4.74. The Balaban J connectivity index is 2.00. The van der Waals surface area contributed by atoms with Gasteiger partial charge in [0, 0.05) is 12.0 Å². The van der Waals surface area contributed by atoms with Crippen LogP contribution in [0.3, 0.4) is 0 Å². The highest BCUT2D eigenvalue weighted by Crippen LogP contribution is 2.39. The lowest BCUT2D eigenvalue weighted by Gasteiger charge is -2.39. The SMILES string of the molecule is CNC1(CC(N)=O)CCC(c2ccccc2)CC1. The number of hydrogen-bond acceptors (Lipinski definition) is 2. The maximum absolute atomic E-state index is 11.2. The molecule has 0 spiro atoms. The number of benzene rings is 1. The number of carbonyl (C=O) groups excluding carboxylic acids is 1. The second-order valence-corrected chi connectivity index (χ2v) is 5.36. The Labute approximate surface area is 109 Å². The van der Waals surface area contributed by atoms with Crippen LogP contribution in [0.1, 0.15) is 43.6 Å². The Morgan fingerprint density at radius 3 is 2.44 bits per heavy atom. The van der Waals surface area contributed by atoms with Crippen LogP contribution in [0, 0.1) is 0 Å². The molecular weight excluding hydrogens is 224 g/mol. The lowest BCUT2D eigenvalue weighted by molar-refractivity contribution is -0.119. The minimum atomic E-state index is -0.206. The van der Waals surface area contributed by atoms with Crippen LogP contribution in [0.5, 0.6) is 0 Å². The van der Waals surface area contributed by atoms with Gasteiger partial charge in [0.1, 0.15) is 0 Å². The molecule has 0 saturated heterocycles. The molecule has 1 aromatic carbocycles. The van der Waals surface area contributed by atoms with Crippen LogP contribution >= 0.6 is 0 Å². The zero-order chi connectivity index (χ0) is 13.0. The van der Waals surface area contributed by atoms with Crippen LogP contribution in [-0.4, -0.2) is 18.5 Å². The monoisotopic (exact) mass is 246 g/mol. The van der Waals surface area contributed by atoms with Gasteiger partial charge in [-0.25, -0.2) is 0 Å². The smallest absolute Gasteiger partial charge is 0.219 e. The largest absolute Gasteiger partial charge is 0.370 e. The van der Waals surface area contributed by atoms with Crippen molar-refractivity contribution in [1.29, 1.82) is 0 Å². The molecule has 1 fully saturated rings. The molecule has 0 heterocycles. The highest BCUT2D eigenvalue weighted by Gasteiger charge is 2.35. The molecule has 0 aliphatic heterocycles. The van der Waals surface area contributed by atoms with E-state index in [0.717, 1.165) is 25.7 Å². The molecule has 1 amide bonds. The molecule has 1 aliphatic rings. The Bertz CT molecular complexity index is 394. The number of nitrogens with one attached hydrogen (secondary N) is 1. The molecule has 1 aromatic rings. The van der Waals surface area contributed by atoms with Crippen molar-refractivity contribution >= 4 is 5.91 Å². The summed E-state index contributed by atoms with van der Waals surface area (Å²) in [6, 6.07) is 10.6. The third kappa shape index (κ3) is 2.91. The fraction of sp³-hybridized carbons (Fsp3) is 0.533. The molecule has 0 atom stereocenters. The number of nitrogens with two attached hydrogens (primary N) is 1. The average Bonchev–Trinajstić information content (AvgIpc) is 2.40. The fourth-order valence-electron chi connectivity index (χ4n) is 3.08. The Kier molecular flexibility index (Phi) is 4.02. The summed E-state index contributed by atoms with van der Waals surface area (Å²) in [5.74, 6) is 0.420. The first-order chi connectivity index (χ1) is 8.65. The molecule has 0 radical (unpaired) electrons. The topological polar surface area (TPSA) is 55.1 Å². The average molecular weight is 246 g/mol. The van der Waals surface area contributed by atoms with Crippen LogP contribution in [0.2, 0.25) is 0 Å². The molecule has 98 valence electrons. The third-order valence-electron chi connectivity index (χ3n) is 4.26. The Morgan fingerprint density at radius 2 is 1.94 bits per heavy atom. The molecular formula is C15H22N2O. The normalized spacial score (nSPS) is 27.9. The summed E-state index contributed by atoms with van der Waals surface area (Å²) in [6.45, 7) is 0. The minimum absolute atomic E-state index is 0.0723. The first kappa shape index (κ1) is 13.1. The lowest BCUT2D eigenvalue weighted by Crippen LogP contribution is -2.48. The third-order valence-corrected chi connectivity index (χ3v) is 4.26. The van der Waals surface area contributed by atoms with Crippen molar-refractivity contribution in [3.8, 4) is 0 Å². The standard InChI is InChI=1S/C15H22N2O/c1-17-15(11-14(16)18)9-7-13(8-10-15)12-5-3-2-4-6-12/h2-6,13,17H,7-11H2,1H3,(H2,16,18). The van der Waals surface area contributed by atoms with Crippen LogP contribution in [0.15, 0.2) is 30.3 Å². The highest BCUT2D eigenvalue weighted by atomic mass is 16.1. The van der Waals surface area contributed by atoms with Gasteiger partial charge in [0.2, 0.25) is 5.91 Å². The molecule has 2 rings (SSSR count). The van der Waals surface area contributed by atoms with E-state index in [2.05, 4.69) is 35.6 Å². The van der Waals surface area contributed by atoms with Gasteiger partial charge in [0.25, 0.3) is 0 Å². The zero-order valence-electron chi connectivity index (χ0n) is 11.0. The molecule has 1 aliphatic carbocycles. The van der Waals surface area contributed by atoms with E-state index in [1.54, 1.807) is 0 Å². The molecule has 0 bridgehead atoms. The summed E-state index contributed by atoms with van der Waals surface area (Å²) in [4.78, 5) is 11.2. The van der Waals surface area contributed by atoms with Crippen molar-refractivity contribution in [2.75, 3.05) is 7.05 Å². The van der Waals surface area contributed by atoms with Crippen molar-refractivity contribution in [2.24, 2.45) is 5.73 Å². The molecule has 3 heteroatoms. The first-order valence-corrected chi connectivity index (χ1v) is 6.67. The zero-order valence-corrected chi connectivity index (χ0v) is 11.0.